The maximum atomic E-state index is 12.2. The van der Waals surface area contributed by atoms with Crippen molar-refractivity contribution in [1.82, 2.24) is 5.32 Å². The molecule has 3 N–H and O–H groups in total. The molecule has 1 aromatic carbocycles. The van der Waals surface area contributed by atoms with Gasteiger partial charge in [-0.25, -0.2) is 4.79 Å². The fourth-order valence-corrected chi connectivity index (χ4v) is 2.53. The maximum Gasteiger partial charge on any atom is 0.414 e. The second kappa shape index (κ2) is 10.0. The van der Waals surface area contributed by atoms with Crippen LogP contribution in [0.5, 0.6) is 0 Å². The summed E-state index contributed by atoms with van der Waals surface area (Å²) in [5.74, 6) is -0.667. The number of benzene rings is 1. The van der Waals surface area contributed by atoms with Gasteiger partial charge in [0.15, 0.2) is 13.1 Å². The first-order chi connectivity index (χ1) is 11.3. The van der Waals surface area contributed by atoms with Crippen LogP contribution >= 0.6 is 15.9 Å². The van der Waals surface area contributed by atoms with Crippen LogP contribution in [0, 0.1) is 6.92 Å². The van der Waals surface area contributed by atoms with E-state index in [2.05, 4.69) is 31.3 Å². The van der Waals surface area contributed by atoms with Crippen molar-refractivity contribution < 1.29 is 24.0 Å². The van der Waals surface area contributed by atoms with Crippen molar-refractivity contribution in [2.24, 2.45) is 0 Å². The van der Waals surface area contributed by atoms with Crippen LogP contribution in [0.4, 0.5) is 10.5 Å². The average Bonchev–Trinajstić information content (AvgIpc) is 2.49. The van der Waals surface area contributed by atoms with Gasteiger partial charge < -0.3 is 15.0 Å². The van der Waals surface area contributed by atoms with Gasteiger partial charge in [-0.1, -0.05) is 15.9 Å². The maximum absolute atomic E-state index is 12.2. The molecule has 0 spiro atoms. The monoisotopic (exact) mass is 400 g/mol. The molecular weight excluding hydrogens is 378 g/mol. The van der Waals surface area contributed by atoms with E-state index < -0.39 is 12.0 Å². The third kappa shape index (κ3) is 7.10. The van der Waals surface area contributed by atoms with Crippen LogP contribution in [-0.4, -0.2) is 44.1 Å². The standard InChI is InChI=1S/C16H22BrN3O4/c1-4-20(10-15(22)19-16(23)24-5-2)9-14(21)18-13-7-6-12(17)8-11(13)3/h6-8H,4-5,9-10H2,1-3H3,(H,18,21)(H,19,22,23)/p+1. The first kappa shape index (κ1) is 20.1. The summed E-state index contributed by atoms with van der Waals surface area (Å²) in [6.45, 7) is 6.33. The summed E-state index contributed by atoms with van der Waals surface area (Å²) in [5.41, 5.74) is 1.67. The Hall–Kier alpha value is -1.93. The van der Waals surface area contributed by atoms with E-state index in [9.17, 15) is 14.4 Å². The fraction of sp³-hybridized carbons (Fsp3) is 0.438. The molecule has 1 rings (SSSR count). The molecule has 3 amide bonds. The number of alkyl carbamates (subject to hydrolysis) is 1. The first-order valence-corrected chi connectivity index (χ1v) is 8.51. The van der Waals surface area contributed by atoms with E-state index in [-0.39, 0.29) is 25.6 Å². The third-order valence-corrected chi connectivity index (χ3v) is 3.79. The van der Waals surface area contributed by atoms with E-state index in [1.165, 1.54) is 0 Å². The Labute approximate surface area is 149 Å². The molecule has 0 saturated carbocycles. The predicted octanol–water partition coefficient (Wildman–Crippen LogP) is 0.874. The number of carbonyl (C=O) groups excluding carboxylic acids is 3. The molecular formula is C16H23BrN3O4+. The molecule has 0 heterocycles. The van der Waals surface area contributed by atoms with E-state index >= 15 is 0 Å². The molecule has 8 heteroatoms. The molecule has 0 saturated heterocycles. The number of anilines is 1. The van der Waals surface area contributed by atoms with Crippen LogP contribution in [0.2, 0.25) is 0 Å². The second-order valence-electron chi connectivity index (χ2n) is 5.23. The van der Waals surface area contributed by atoms with Gasteiger partial charge in [0.1, 0.15) is 0 Å². The number of imide groups is 1. The van der Waals surface area contributed by atoms with Crippen molar-refractivity contribution in [2.45, 2.75) is 20.8 Å². The highest BCUT2D eigenvalue weighted by Crippen LogP contribution is 2.19. The van der Waals surface area contributed by atoms with Crippen molar-refractivity contribution in [3.8, 4) is 0 Å². The summed E-state index contributed by atoms with van der Waals surface area (Å²) in [5, 5.41) is 4.96. The normalized spacial score (nSPS) is 11.5. The van der Waals surface area contributed by atoms with Gasteiger partial charge in [0.25, 0.3) is 11.8 Å². The van der Waals surface area contributed by atoms with Gasteiger partial charge in [0.2, 0.25) is 0 Å². The highest BCUT2D eigenvalue weighted by atomic mass is 79.9. The van der Waals surface area contributed by atoms with E-state index in [0.29, 0.717) is 6.54 Å². The van der Waals surface area contributed by atoms with Crippen molar-refractivity contribution in [3.63, 3.8) is 0 Å². The number of amides is 3. The van der Waals surface area contributed by atoms with Gasteiger partial charge in [0, 0.05) is 10.2 Å². The molecule has 0 bridgehead atoms. The molecule has 132 valence electrons. The number of aryl methyl sites for hydroxylation is 1. The Morgan fingerprint density at radius 3 is 2.42 bits per heavy atom. The van der Waals surface area contributed by atoms with E-state index in [0.717, 1.165) is 20.6 Å². The number of hydrogen-bond donors (Lipinski definition) is 3. The molecule has 7 nitrogen and oxygen atoms in total. The van der Waals surface area contributed by atoms with Crippen LogP contribution in [-0.2, 0) is 14.3 Å². The predicted molar refractivity (Wildman–Crippen MR) is 93.9 cm³/mol. The highest BCUT2D eigenvalue weighted by molar-refractivity contribution is 9.10. The van der Waals surface area contributed by atoms with Crippen LogP contribution in [0.1, 0.15) is 19.4 Å². The Balaban J connectivity index is 2.53. The molecule has 24 heavy (non-hydrogen) atoms. The van der Waals surface area contributed by atoms with E-state index in [4.69, 9.17) is 0 Å². The van der Waals surface area contributed by atoms with Crippen LogP contribution < -0.4 is 15.5 Å². The van der Waals surface area contributed by atoms with Crippen molar-refractivity contribution >= 4 is 39.5 Å². The van der Waals surface area contributed by atoms with Crippen molar-refractivity contribution in [2.75, 3.05) is 31.6 Å². The molecule has 0 aromatic heterocycles. The molecule has 0 aliphatic rings. The Kier molecular flexibility index (Phi) is 8.42. The minimum absolute atomic E-state index is 0.0159. The molecule has 0 aliphatic heterocycles. The van der Waals surface area contributed by atoms with Gasteiger partial charge >= 0.3 is 6.09 Å². The SMILES string of the molecule is CCOC(=O)NC(=O)C[NH+](CC)CC(=O)Nc1ccc(Br)cc1C. The van der Waals surface area contributed by atoms with Gasteiger partial charge in [-0.05, 0) is 44.5 Å². The Morgan fingerprint density at radius 2 is 1.83 bits per heavy atom. The van der Waals surface area contributed by atoms with Gasteiger partial charge in [-0.3, -0.25) is 14.9 Å². The molecule has 0 aliphatic carbocycles. The summed E-state index contributed by atoms with van der Waals surface area (Å²) in [7, 11) is 0. The number of rotatable bonds is 7. The lowest BCUT2D eigenvalue weighted by Crippen LogP contribution is -3.14. The molecule has 1 atom stereocenters. The van der Waals surface area contributed by atoms with Gasteiger partial charge in [0.05, 0.1) is 13.2 Å². The molecule has 1 unspecified atom stereocenters. The summed E-state index contributed by atoms with van der Waals surface area (Å²) < 4.78 is 5.59. The zero-order chi connectivity index (χ0) is 18.1. The van der Waals surface area contributed by atoms with Crippen molar-refractivity contribution in [3.05, 3.63) is 28.2 Å². The number of ether oxygens (including phenoxy) is 1. The highest BCUT2D eigenvalue weighted by Gasteiger charge is 2.19. The third-order valence-electron chi connectivity index (χ3n) is 3.30. The quantitative estimate of drug-likeness (QED) is 0.633. The number of likely N-dealkylation sites (N-methyl/N-ethyl adjacent to an activating group) is 1. The second-order valence-corrected chi connectivity index (χ2v) is 6.15. The van der Waals surface area contributed by atoms with Crippen LogP contribution in [0.15, 0.2) is 22.7 Å². The summed E-state index contributed by atoms with van der Waals surface area (Å²) in [6.07, 6.45) is -0.770. The number of quaternary nitrogens is 1. The minimum Gasteiger partial charge on any atom is -0.450 e. The lowest BCUT2D eigenvalue weighted by Gasteiger charge is -2.17. The van der Waals surface area contributed by atoms with Crippen LogP contribution in [0.25, 0.3) is 0 Å². The average molecular weight is 401 g/mol. The molecule has 0 fully saturated rings. The van der Waals surface area contributed by atoms with E-state index in [1.807, 2.05) is 32.0 Å². The Bertz CT molecular complexity index is 607. The number of hydrogen-bond acceptors (Lipinski definition) is 4. The molecule has 0 radical (unpaired) electrons. The lowest BCUT2D eigenvalue weighted by atomic mass is 10.2. The zero-order valence-corrected chi connectivity index (χ0v) is 15.7. The molecule has 1 aromatic rings. The summed E-state index contributed by atoms with van der Waals surface area (Å²) in [6, 6.07) is 5.57. The lowest BCUT2D eigenvalue weighted by molar-refractivity contribution is -0.881. The topological polar surface area (TPSA) is 88.9 Å². The fourth-order valence-electron chi connectivity index (χ4n) is 2.05. The first-order valence-electron chi connectivity index (χ1n) is 7.71. The summed E-state index contributed by atoms with van der Waals surface area (Å²) >= 11 is 3.37. The van der Waals surface area contributed by atoms with Gasteiger partial charge in [-0.2, -0.15) is 0 Å². The zero-order valence-electron chi connectivity index (χ0n) is 14.1. The smallest absolute Gasteiger partial charge is 0.414 e. The number of nitrogens with one attached hydrogen (secondary N) is 3. The largest absolute Gasteiger partial charge is 0.450 e. The van der Waals surface area contributed by atoms with Crippen LogP contribution in [0.3, 0.4) is 0 Å². The van der Waals surface area contributed by atoms with E-state index in [1.54, 1.807) is 6.92 Å². The minimum atomic E-state index is -0.770. The van der Waals surface area contributed by atoms with Crippen molar-refractivity contribution in [1.29, 1.82) is 0 Å². The van der Waals surface area contributed by atoms with Gasteiger partial charge in [-0.15, -0.1) is 0 Å². The number of halogens is 1. The number of carbonyl (C=O) groups is 3. The summed E-state index contributed by atoms with van der Waals surface area (Å²) in [4.78, 5) is 35.9. The Morgan fingerprint density at radius 1 is 1.17 bits per heavy atom.